The fraction of sp³-hybridized carbons (Fsp3) is 0.286. The highest BCUT2D eigenvalue weighted by Gasteiger charge is 2.22. The van der Waals surface area contributed by atoms with Crippen molar-refractivity contribution in [2.24, 2.45) is 0 Å². The Hall–Kier alpha value is -1.40. The van der Waals surface area contributed by atoms with Gasteiger partial charge in [-0.1, -0.05) is 41.1 Å². The lowest BCUT2D eigenvalue weighted by Crippen LogP contribution is -2.22. The highest BCUT2D eigenvalue weighted by Crippen LogP contribution is 2.36. The molecule has 0 bridgehead atoms. The van der Waals surface area contributed by atoms with Crippen LogP contribution in [0.4, 0.5) is 5.69 Å². The second-order valence-corrected chi connectivity index (χ2v) is 6.32. The second kappa shape index (κ2) is 6.37. The van der Waals surface area contributed by atoms with Gasteiger partial charge in [-0.3, -0.25) is 4.79 Å². The number of carbonyl (C=O) groups excluding carboxylic acids is 2. The maximum Gasteiger partial charge on any atom is 0.350 e. The summed E-state index contributed by atoms with van der Waals surface area (Å²) in [7, 11) is 1.33. The van der Waals surface area contributed by atoms with Crippen LogP contribution in [0, 0.1) is 0 Å². The number of benzene rings is 1. The summed E-state index contributed by atoms with van der Waals surface area (Å²) in [4.78, 5) is 24.0. The van der Waals surface area contributed by atoms with E-state index in [2.05, 4.69) is 21.2 Å². The number of anilines is 1. The van der Waals surface area contributed by atoms with Gasteiger partial charge >= 0.3 is 5.97 Å². The predicted molar refractivity (Wildman–Crippen MR) is 84.8 cm³/mol. The van der Waals surface area contributed by atoms with E-state index in [1.807, 2.05) is 31.2 Å². The van der Waals surface area contributed by atoms with Gasteiger partial charge in [0.05, 0.1) is 17.6 Å². The lowest BCUT2D eigenvalue weighted by Gasteiger charge is -2.09. The van der Waals surface area contributed by atoms with E-state index in [9.17, 15) is 9.59 Å². The van der Waals surface area contributed by atoms with E-state index in [1.165, 1.54) is 18.4 Å². The molecule has 2 aromatic rings. The van der Waals surface area contributed by atoms with E-state index >= 15 is 0 Å². The molecule has 0 radical (unpaired) electrons. The minimum atomic E-state index is -0.441. The molecular weight excluding hydrogens is 342 g/mol. The van der Waals surface area contributed by atoms with Crippen LogP contribution in [0.1, 0.15) is 23.0 Å². The van der Waals surface area contributed by atoms with Gasteiger partial charge in [0.1, 0.15) is 4.88 Å². The Kier molecular flexibility index (Phi) is 4.77. The van der Waals surface area contributed by atoms with Crippen molar-refractivity contribution in [3.63, 3.8) is 0 Å². The Morgan fingerprint density at radius 1 is 1.40 bits per heavy atom. The molecule has 1 amide bonds. The van der Waals surface area contributed by atoms with Crippen LogP contribution in [-0.2, 0) is 9.53 Å². The normalized spacial score (nSPS) is 12.2. The number of hydrogen-bond donors (Lipinski definition) is 1. The Bertz CT molecular complexity index is 653. The number of ether oxygens (including phenoxy) is 1. The van der Waals surface area contributed by atoms with Gasteiger partial charge in [0.2, 0.25) is 5.91 Å². The van der Waals surface area contributed by atoms with E-state index in [0.29, 0.717) is 17.0 Å². The van der Waals surface area contributed by atoms with E-state index in [1.54, 1.807) is 0 Å². The zero-order valence-electron chi connectivity index (χ0n) is 11.1. The number of methoxy groups -OCH3 is 1. The molecule has 6 heteroatoms. The molecule has 1 atom stereocenters. The average Bonchev–Trinajstić information content (AvgIpc) is 2.84. The topological polar surface area (TPSA) is 55.4 Å². The molecule has 0 saturated carbocycles. The van der Waals surface area contributed by atoms with Crippen LogP contribution in [0.2, 0.25) is 0 Å². The largest absolute Gasteiger partial charge is 0.465 e. The molecule has 2 rings (SSSR count). The highest BCUT2D eigenvalue weighted by molar-refractivity contribution is 9.10. The van der Waals surface area contributed by atoms with Gasteiger partial charge in [0, 0.05) is 10.1 Å². The predicted octanol–water partition coefficient (Wildman–Crippen LogP) is 3.80. The third kappa shape index (κ3) is 2.86. The molecule has 1 unspecified atom stereocenters. The number of rotatable bonds is 4. The number of carbonyl (C=O) groups is 2. The van der Waals surface area contributed by atoms with E-state index in [0.717, 1.165) is 10.1 Å². The number of halogens is 1. The summed E-state index contributed by atoms with van der Waals surface area (Å²) in [5, 5.41) is 3.67. The Labute approximate surface area is 129 Å². The first-order chi connectivity index (χ1) is 9.58. The van der Waals surface area contributed by atoms with Crippen LogP contribution in [-0.4, -0.2) is 23.8 Å². The molecule has 0 fully saturated rings. The molecule has 4 nitrogen and oxygen atoms in total. The van der Waals surface area contributed by atoms with E-state index in [4.69, 9.17) is 4.74 Å². The summed E-state index contributed by atoms with van der Waals surface area (Å²) in [6, 6.07) is 7.55. The molecule has 0 aliphatic carbocycles. The van der Waals surface area contributed by atoms with Crippen LogP contribution in [0.5, 0.6) is 0 Å². The second-order valence-electron chi connectivity index (χ2n) is 4.16. The molecular formula is C14H14BrNO3S. The number of alkyl halides is 1. The van der Waals surface area contributed by atoms with Crippen LogP contribution in [0.15, 0.2) is 24.3 Å². The summed E-state index contributed by atoms with van der Waals surface area (Å²) < 4.78 is 5.72. The number of esters is 1. The van der Waals surface area contributed by atoms with E-state index < -0.39 is 5.97 Å². The lowest BCUT2D eigenvalue weighted by atomic mass is 10.2. The third-order valence-electron chi connectivity index (χ3n) is 2.86. The van der Waals surface area contributed by atoms with Gasteiger partial charge in [0.15, 0.2) is 0 Å². The summed E-state index contributed by atoms with van der Waals surface area (Å²) >= 11 is 4.62. The Balaban J connectivity index is 2.48. The first-order valence-corrected chi connectivity index (χ1v) is 7.86. The van der Waals surface area contributed by atoms with Gasteiger partial charge in [-0.2, -0.15) is 0 Å². The summed E-state index contributed by atoms with van der Waals surface area (Å²) in [5.41, 5.74) is 0.528. The molecule has 106 valence electrons. The van der Waals surface area contributed by atoms with Crippen LogP contribution in [0.3, 0.4) is 0 Å². The zero-order chi connectivity index (χ0) is 14.7. The van der Waals surface area contributed by atoms with Crippen molar-refractivity contribution >= 4 is 54.9 Å². The van der Waals surface area contributed by atoms with Crippen LogP contribution < -0.4 is 5.32 Å². The molecule has 20 heavy (non-hydrogen) atoms. The molecule has 0 aliphatic rings. The maximum atomic E-state index is 12.0. The molecule has 1 heterocycles. The molecule has 1 aromatic carbocycles. The summed E-state index contributed by atoms with van der Waals surface area (Å²) in [5.74, 6) is -0.606. The van der Waals surface area contributed by atoms with Crippen molar-refractivity contribution in [1.82, 2.24) is 0 Å². The van der Waals surface area contributed by atoms with Gasteiger partial charge < -0.3 is 10.1 Å². The van der Waals surface area contributed by atoms with Crippen molar-refractivity contribution in [2.45, 2.75) is 18.2 Å². The molecule has 0 saturated heterocycles. The highest BCUT2D eigenvalue weighted by atomic mass is 79.9. The summed E-state index contributed by atoms with van der Waals surface area (Å²) in [6.45, 7) is 1.91. The minimum absolute atomic E-state index is 0.166. The fourth-order valence-electron chi connectivity index (χ4n) is 1.79. The van der Waals surface area contributed by atoms with E-state index in [-0.39, 0.29) is 10.7 Å². The van der Waals surface area contributed by atoms with Gasteiger partial charge in [-0.25, -0.2) is 4.79 Å². The number of hydrogen-bond acceptors (Lipinski definition) is 4. The Morgan fingerprint density at radius 3 is 2.75 bits per heavy atom. The first kappa shape index (κ1) is 15.0. The maximum absolute atomic E-state index is 12.0. The van der Waals surface area contributed by atoms with Crippen LogP contribution in [0.25, 0.3) is 10.1 Å². The van der Waals surface area contributed by atoms with Crippen LogP contribution >= 0.6 is 27.3 Å². The SMILES string of the molecule is CCC(Br)C(=O)Nc1c(C(=O)OC)sc2ccccc12. The third-order valence-corrected chi connectivity index (χ3v) is 5.07. The zero-order valence-corrected chi connectivity index (χ0v) is 13.5. The van der Waals surface area contributed by atoms with Crippen molar-refractivity contribution in [2.75, 3.05) is 12.4 Å². The quantitative estimate of drug-likeness (QED) is 0.670. The summed E-state index contributed by atoms with van der Waals surface area (Å²) in [6.07, 6.45) is 0.668. The average molecular weight is 356 g/mol. The minimum Gasteiger partial charge on any atom is -0.465 e. The van der Waals surface area contributed by atoms with Crippen molar-refractivity contribution in [3.05, 3.63) is 29.1 Å². The first-order valence-electron chi connectivity index (χ1n) is 6.13. The lowest BCUT2D eigenvalue weighted by molar-refractivity contribution is -0.115. The number of amides is 1. The smallest absolute Gasteiger partial charge is 0.350 e. The van der Waals surface area contributed by atoms with Crippen molar-refractivity contribution < 1.29 is 14.3 Å². The fourth-order valence-corrected chi connectivity index (χ4v) is 2.98. The Morgan fingerprint density at radius 2 is 2.10 bits per heavy atom. The van der Waals surface area contributed by atoms with Crippen molar-refractivity contribution in [3.8, 4) is 0 Å². The number of thiophene rings is 1. The standard InChI is InChI=1S/C14H14BrNO3S/c1-3-9(15)13(17)16-11-8-6-4-5-7-10(8)20-12(11)14(18)19-2/h4-7,9H,3H2,1-2H3,(H,16,17). The van der Waals surface area contributed by atoms with Gasteiger partial charge in [0.25, 0.3) is 0 Å². The molecule has 0 spiro atoms. The molecule has 0 aliphatic heterocycles. The molecule has 1 aromatic heterocycles. The van der Waals surface area contributed by atoms with Gasteiger partial charge in [-0.05, 0) is 12.5 Å². The van der Waals surface area contributed by atoms with Crippen molar-refractivity contribution in [1.29, 1.82) is 0 Å². The number of nitrogens with one attached hydrogen (secondary N) is 1. The number of fused-ring (bicyclic) bond motifs is 1. The monoisotopic (exact) mass is 355 g/mol. The van der Waals surface area contributed by atoms with Gasteiger partial charge in [-0.15, -0.1) is 11.3 Å². The molecule has 1 N–H and O–H groups in total.